The Morgan fingerprint density at radius 1 is 1.06 bits per heavy atom. The second-order valence-corrected chi connectivity index (χ2v) is 8.73. The Morgan fingerprint density at radius 2 is 1.73 bits per heavy atom. The maximum atomic E-state index is 12.9. The summed E-state index contributed by atoms with van der Waals surface area (Å²) in [5.41, 5.74) is 1.57. The van der Waals surface area contributed by atoms with Crippen LogP contribution in [0, 0.1) is 6.92 Å². The largest absolute Gasteiger partial charge is 0.318 e. The number of rotatable bonds is 5. The van der Waals surface area contributed by atoms with Gasteiger partial charge in [-0.05, 0) is 54.6 Å². The average Bonchev–Trinajstić information content (AvgIpc) is 3.17. The molecule has 1 saturated heterocycles. The number of nitrogens with zero attached hydrogens (tertiary/aromatic N) is 3. The van der Waals surface area contributed by atoms with E-state index in [1.165, 1.54) is 4.68 Å². The van der Waals surface area contributed by atoms with E-state index in [2.05, 4.69) is 5.32 Å². The molecule has 2 heterocycles. The van der Waals surface area contributed by atoms with E-state index >= 15 is 0 Å². The quantitative estimate of drug-likeness (QED) is 0.558. The van der Waals surface area contributed by atoms with Crippen LogP contribution in [0.5, 0.6) is 0 Å². The van der Waals surface area contributed by atoms with Gasteiger partial charge in [0.25, 0.3) is 16.7 Å². The number of para-hydroxylation sites is 1. The third-order valence-electron chi connectivity index (χ3n) is 5.16. The Bertz CT molecular complexity index is 1340. The molecular formula is C23H19ClN4O4S. The van der Waals surface area contributed by atoms with Gasteiger partial charge in [-0.15, -0.1) is 0 Å². The van der Waals surface area contributed by atoms with Gasteiger partial charge >= 0.3 is 0 Å². The van der Waals surface area contributed by atoms with E-state index in [1.54, 1.807) is 73.3 Å². The molecule has 168 valence electrons. The van der Waals surface area contributed by atoms with Crippen molar-refractivity contribution in [1.82, 2.24) is 14.3 Å². The molecule has 1 aliphatic heterocycles. The predicted octanol–water partition coefficient (Wildman–Crippen LogP) is 3.81. The highest BCUT2D eigenvalue weighted by Crippen LogP contribution is 2.32. The van der Waals surface area contributed by atoms with Crippen LogP contribution in [0.1, 0.15) is 11.3 Å². The Hall–Kier alpha value is -3.56. The number of halogens is 1. The average molecular weight is 483 g/mol. The van der Waals surface area contributed by atoms with Gasteiger partial charge in [-0.2, -0.15) is 0 Å². The summed E-state index contributed by atoms with van der Waals surface area (Å²) in [5, 5.41) is 2.57. The van der Waals surface area contributed by atoms with E-state index in [9.17, 15) is 19.2 Å². The standard InChI is InChI=1S/C23H19ClN4O4S/c1-14-20(22(31)28(26(14)2)17-6-4-3-5-7-17)25-19(29)13-27-21(30)18(33-23(27)32)12-15-8-10-16(24)11-9-15/h3-12H,13H2,1-2H3,(H,25,29)/b18-12-. The lowest BCUT2D eigenvalue weighted by Gasteiger charge is -2.11. The zero-order valence-electron chi connectivity index (χ0n) is 17.7. The molecule has 8 nitrogen and oxygen atoms in total. The molecule has 3 amide bonds. The third-order valence-corrected chi connectivity index (χ3v) is 6.32. The van der Waals surface area contributed by atoms with Crippen LogP contribution < -0.4 is 10.9 Å². The highest BCUT2D eigenvalue weighted by atomic mass is 35.5. The summed E-state index contributed by atoms with van der Waals surface area (Å²) in [5.74, 6) is -1.21. The minimum absolute atomic E-state index is 0.0926. The van der Waals surface area contributed by atoms with Crippen molar-refractivity contribution in [2.45, 2.75) is 6.92 Å². The molecule has 0 saturated carbocycles. The molecule has 0 spiro atoms. The Kier molecular flexibility index (Phi) is 6.26. The number of nitrogens with one attached hydrogen (secondary N) is 1. The number of anilines is 1. The number of carbonyl (C=O) groups excluding carboxylic acids is 3. The zero-order chi connectivity index (χ0) is 23.7. The van der Waals surface area contributed by atoms with E-state index in [-0.39, 0.29) is 10.6 Å². The Morgan fingerprint density at radius 3 is 2.39 bits per heavy atom. The second kappa shape index (κ2) is 9.13. The summed E-state index contributed by atoms with van der Waals surface area (Å²) >= 11 is 6.63. The first-order valence-corrected chi connectivity index (χ1v) is 11.1. The second-order valence-electron chi connectivity index (χ2n) is 7.30. The summed E-state index contributed by atoms with van der Waals surface area (Å²) in [6.45, 7) is 1.20. The molecule has 0 atom stereocenters. The topological polar surface area (TPSA) is 93.4 Å². The fourth-order valence-corrected chi connectivity index (χ4v) is 4.35. The van der Waals surface area contributed by atoms with Gasteiger partial charge in [-0.25, -0.2) is 4.68 Å². The molecule has 3 aromatic rings. The van der Waals surface area contributed by atoms with Crippen molar-refractivity contribution in [3.8, 4) is 5.69 Å². The van der Waals surface area contributed by atoms with Gasteiger partial charge in [0, 0.05) is 12.1 Å². The number of thioether (sulfide) groups is 1. The van der Waals surface area contributed by atoms with Gasteiger partial charge < -0.3 is 5.32 Å². The monoisotopic (exact) mass is 482 g/mol. The number of hydrogen-bond donors (Lipinski definition) is 1. The lowest BCUT2D eigenvalue weighted by Crippen LogP contribution is -2.37. The number of imide groups is 1. The molecule has 1 aromatic heterocycles. The van der Waals surface area contributed by atoms with Crippen molar-refractivity contribution >= 4 is 52.2 Å². The van der Waals surface area contributed by atoms with Crippen LogP contribution >= 0.6 is 23.4 Å². The van der Waals surface area contributed by atoms with Crippen LogP contribution in [-0.4, -0.2) is 37.9 Å². The van der Waals surface area contributed by atoms with Gasteiger partial charge in [-0.3, -0.25) is 28.8 Å². The predicted molar refractivity (Wildman–Crippen MR) is 129 cm³/mol. The molecule has 33 heavy (non-hydrogen) atoms. The molecule has 10 heteroatoms. The van der Waals surface area contributed by atoms with Crippen molar-refractivity contribution in [3.63, 3.8) is 0 Å². The number of benzene rings is 2. The van der Waals surface area contributed by atoms with Gasteiger partial charge in [-0.1, -0.05) is 41.9 Å². The van der Waals surface area contributed by atoms with Crippen LogP contribution in [0.2, 0.25) is 5.02 Å². The molecule has 1 N–H and O–H groups in total. The smallest absolute Gasteiger partial charge is 0.295 e. The van der Waals surface area contributed by atoms with E-state index in [4.69, 9.17) is 11.6 Å². The summed E-state index contributed by atoms with van der Waals surface area (Å²) in [4.78, 5) is 51.7. The molecule has 0 bridgehead atoms. The molecule has 2 aromatic carbocycles. The Balaban J connectivity index is 1.52. The van der Waals surface area contributed by atoms with Crippen LogP contribution in [0.15, 0.2) is 64.3 Å². The molecule has 4 rings (SSSR count). The first-order valence-electron chi connectivity index (χ1n) is 9.91. The molecule has 1 fully saturated rings. The van der Waals surface area contributed by atoms with Crippen LogP contribution in [0.3, 0.4) is 0 Å². The number of amides is 3. The van der Waals surface area contributed by atoms with E-state index in [1.807, 2.05) is 6.07 Å². The Labute approximate surface area is 198 Å². The van der Waals surface area contributed by atoms with E-state index < -0.39 is 29.2 Å². The van der Waals surface area contributed by atoms with Crippen LogP contribution in [0.25, 0.3) is 11.8 Å². The summed E-state index contributed by atoms with van der Waals surface area (Å²) < 4.78 is 3.06. The van der Waals surface area contributed by atoms with Crippen molar-refractivity contribution in [2.24, 2.45) is 7.05 Å². The first kappa shape index (κ1) is 22.6. The summed E-state index contributed by atoms with van der Waals surface area (Å²) in [7, 11) is 1.71. The maximum Gasteiger partial charge on any atom is 0.295 e. The number of aromatic nitrogens is 2. The van der Waals surface area contributed by atoms with Crippen molar-refractivity contribution in [2.75, 3.05) is 11.9 Å². The minimum atomic E-state index is -0.643. The number of carbonyl (C=O) groups is 3. The maximum absolute atomic E-state index is 12.9. The van der Waals surface area contributed by atoms with Gasteiger partial charge in [0.05, 0.1) is 16.3 Å². The molecule has 0 aliphatic carbocycles. The van der Waals surface area contributed by atoms with Gasteiger partial charge in [0.15, 0.2) is 0 Å². The van der Waals surface area contributed by atoms with E-state index in [0.717, 1.165) is 16.7 Å². The highest BCUT2D eigenvalue weighted by Gasteiger charge is 2.36. The van der Waals surface area contributed by atoms with E-state index in [0.29, 0.717) is 22.0 Å². The van der Waals surface area contributed by atoms with Gasteiger partial charge in [0.2, 0.25) is 5.91 Å². The van der Waals surface area contributed by atoms with Crippen molar-refractivity contribution < 1.29 is 14.4 Å². The first-order chi connectivity index (χ1) is 15.8. The van der Waals surface area contributed by atoms with Crippen molar-refractivity contribution in [3.05, 3.63) is 86.1 Å². The molecule has 0 unspecified atom stereocenters. The molecular weight excluding hydrogens is 464 g/mol. The van der Waals surface area contributed by atoms with Gasteiger partial charge in [0.1, 0.15) is 12.2 Å². The lowest BCUT2D eigenvalue weighted by atomic mass is 10.2. The number of hydrogen-bond acceptors (Lipinski definition) is 5. The summed E-state index contributed by atoms with van der Waals surface area (Å²) in [6, 6.07) is 15.8. The molecule has 0 radical (unpaired) electrons. The SMILES string of the molecule is Cc1c(NC(=O)CN2C(=O)S/C(=C\c3ccc(Cl)cc3)C2=O)c(=O)n(-c2ccccc2)n1C. The third kappa shape index (κ3) is 4.50. The van der Waals surface area contributed by atoms with Crippen LogP contribution in [-0.2, 0) is 16.6 Å². The van der Waals surface area contributed by atoms with Crippen LogP contribution in [0.4, 0.5) is 10.5 Å². The van der Waals surface area contributed by atoms with Crippen molar-refractivity contribution in [1.29, 1.82) is 0 Å². The fourth-order valence-electron chi connectivity index (χ4n) is 3.38. The zero-order valence-corrected chi connectivity index (χ0v) is 19.3. The normalized spacial score (nSPS) is 14.9. The highest BCUT2D eigenvalue weighted by molar-refractivity contribution is 8.18. The minimum Gasteiger partial charge on any atom is -0.318 e. The molecule has 1 aliphatic rings. The lowest BCUT2D eigenvalue weighted by molar-refractivity contribution is -0.127. The fraction of sp³-hybridized carbons (Fsp3) is 0.130. The summed E-state index contributed by atoms with van der Waals surface area (Å²) in [6.07, 6.45) is 1.57.